The van der Waals surface area contributed by atoms with Gasteiger partial charge in [-0.2, -0.15) is 5.26 Å². The Kier molecular flexibility index (Phi) is 4.20. The van der Waals surface area contributed by atoms with E-state index in [0.29, 0.717) is 0 Å². The van der Waals surface area contributed by atoms with E-state index in [1.165, 1.54) is 23.1 Å². The first-order chi connectivity index (χ1) is 9.11. The molecule has 0 fully saturated rings. The Balaban J connectivity index is 2.09. The molecule has 96 valence electrons. The maximum atomic E-state index is 11.8. The number of nitrogens with zero attached hydrogens (tertiary/aromatic N) is 2. The summed E-state index contributed by atoms with van der Waals surface area (Å²) >= 11 is 2.87. The number of nitrogens with two attached hydrogens (primary N) is 1. The van der Waals surface area contributed by atoms with Gasteiger partial charge in [0.1, 0.15) is 11.6 Å². The lowest BCUT2D eigenvalue weighted by Crippen LogP contribution is -2.10. The van der Waals surface area contributed by atoms with E-state index in [-0.39, 0.29) is 22.8 Å². The highest BCUT2D eigenvalue weighted by Gasteiger charge is 2.13. The standard InChI is InChI=1S/C13H11N3OS2/c1-8(15)9(6-14)11(17)7-18-13-16-10-4-2-3-5-12(10)19-13/h2-5H,7,15H2,1H3/b9-8+. The number of carbonyl (C=O) groups excluding carboxylic acids is 1. The number of para-hydroxylation sites is 1. The second-order valence-corrected chi connectivity index (χ2v) is 6.08. The van der Waals surface area contributed by atoms with Gasteiger partial charge in [-0.25, -0.2) is 4.98 Å². The molecule has 0 bridgehead atoms. The molecule has 0 radical (unpaired) electrons. The summed E-state index contributed by atoms with van der Waals surface area (Å²) in [6.07, 6.45) is 0. The van der Waals surface area contributed by atoms with E-state index in [1.807, 2.05) is 30.3 Å². The average molecular weight is 289 g/mol. The van der Waals surface area contributed by atoms with Crippen LogP contribution in [0, 0.1) is 11.3 Å². The number of aromatic nitrogens is 1. The van der Waals surface area contributed by atoms with Gasteiger partial charge < -0.3 is 5.73 Å². The number of ketones is 1. The van der Waals surface area contributed by atoms with E-state index < -0.39 is 0 Å². The molecule has 0 atom stereocenters. The van der Waals surface area contributed by atoms with Crippen molar-refractivity contribution in [2.45, 2.75) is 11.3 Å². The van der Waals surface area contributed by atoms with E-state index in [0.717, 1.165) is 14.6 Å². The van der Waals surface area contributed by atoms with Gasteiger partial charge in [-0.05, 0) is 19.1 Å². The molecule has 19 heavy (non-hydrogen) atoms. The summed E-state index contributed by atoms with van der Waals surface area (Å²) in [7, 11) is 0. The Morgan fingerprint density at radius 3 is 2.89 bits per heavy atom. The van der Waals surface area contributed by atoms with E-state index in [1.54, 1.807) is 6.92 Å². The fourth-order valence-corrected chi connectivity index (χ4v) is 3.42. The summed E-state index contributed by atoms with van der Waals surface area (Å²) < 4.78 is 1.91. The highest BCUT2D eigenvalue weighted by Crippen LogP contribution is 2.29. The molecule has 0 amide bonds. The molecule has 2 rings (SSSR count). The van der Waals surface area contributed by atoms with Crippen molar-refractivity contribution < 1.29 is 4.79 Å². The molecule has 0 aliphatic rings. The van der Waals surface area contributed by atoms with Crippen molar-refractivity contribution in [3.8, 4) is 6.07 Å². The molecule has 0 saturated carbocycles. The Hall–Kier alpha value is -1.84. The van der Waals surface area contributed by atoms with E-state index in [2.05, 4.69) is 4.98 Å². The van der Waals surface area contributed by atoms with Crippen molar-refractivity contribution in [2.24, 2.45) is 5.73 Å². The summed E-state index contributed by atoms with van der Waals surface area (Å²) in [5, 5.41) is 8.85. The molecule has 0 unspecified atom stereocenters. The molecule has 6 heteroatoms. The second-order valence-electron chi connectivity index (χ2n) is 3.83. The highest BCUT2D eigenvalue weighted by atomic mass is 32.2. The molecule has 1 aromatic heterocycles. The Labute approximate surface area is 118 Å². The van der Waals surface area contributed by atoms with Gasteiger partial charge in [-0.3, -0.25) is 4.79 Å². The molecular weight excluding hydrogens is 278 g/mol. The highest BCUT2D eigenvalue weighted by molar-refractivity contribution is 8.01. The Bertz CT molecular complexity index is 660. The van der Waals surface area contributed by atoms with Crippen LogP contribution in [0.25, 0.3) is 10.2 Å². The molecule has 2 aromatic rings. The first-order valence-electron chi connectivity index (χ1n) is 5.50. The molecule has 4 nitrogen and oxygen atoms in total. The topological polar surface area (TPSA) is 79.8 Å². The predicted octanol–water partition coefficient (Wildman–Crippen LogP) is 2.71. The zero-order valence-electron chi connectivity index (χ0n) is 10.2. The minimum atomic E-state index is -0.258. The lowest BCUT2D eigenvalue weighted by molar-refractivity contribution is -0.112. The number of hydrogen-bond donors (Lipinski definition) is 1. The summed E-state index contributed by atoms with van der Waals surface area (Å²) in [5.74, 6) is -0.0798. The maximum absolute atomic E-state index is 11.8. The molecule has 0 aliphatic carbocycles. The van der Waals surface area contributed by atoms with Crippen LogP contribution in [-0.2, 0) is 4.79 Å². The number of thiazole rings is 1. The van der Waals surface area contributed by atoms with Gasteiger partial charge in [0.25, 0.3) is 0 Å². The van der Waals surface area contributed by atoms with Crippen LogP contribution in [0.3, 0.4) is 0 Å². The van der Waals surface area contributed by atoms with E-state index in [4.69, 9.17) is 11.0 Å². The van der Waals surface area contributed by atoms with Crippen LogP contribution >= 0.6 is 23.1 Å². The quantitative estimate of drug-likeness (QED) is 0.532. The van der Waals surface area contributed by atoms with Crippen LogP contribution < -0.4 is 5.73 Å². The molecule has 0 saturated heterocycles. The van der Waals surface area contributed by atoms with Crippen molar-refractivity contribution in [2.75, 3.05) is 5.75 Å². The third kappa shape index (κ3) is 3.13. The van der Waals surface area contributed by atoms with Crippen LogP contribution in [0.2, 0.25) is 0 Å². The van der Waals surface area contributed by atoms with Crippen molar-refractivity contribution in [1.29, 1.82) is 5.26 Å². The Morgan fingerprint density at radius 2 is 2.26 bits per heavy atom. The molecule has 0 aliphatic heterocycles. The van der Waals surface area contributed by atoms with Crippen molar-refractivity contribution in [3.63, 3.8) is 0 Å². The largest absolute Gasteiger partial charge is 0.401 e. The number of carbonyl (C=O) groups is 1. The Morgan fingerprint density at radius 1 is 1.53 bits per heavy atom. The van der Waals surface area contributed by atoms with Gasteiger partial charge >= 0.3 is 0 Å². The number of hydrogen-bond acceptors (Lipinski definition) is 6. The number of benzene rings is 1. The van der Waals surface area contributed by atoms with Crippen LogP contribution in [-0.4, -0.2) is 16.5 Å². The van der Waals surface area contributed by atoms with Crippen LogP contribution in [0.15, 0.2) is 39.9 Å². The SMILES string of the molecule is C/C(N)=C(/C#N)C(=O)CSc1nc2ccccc2s1. The van der Waals surface area contributed by atoms with Gasteiger partial charge in [0, 0.05) is 5.70 Å². The summed E-state index contributed by atoms with van der Waals surface area (Å²) in [6.45, 7) is 1.55. The summed E-state index contributed by atoms with van der Waals surface area (Å²) in [4.78, 5) is 16.2. The molecule has 1 heterocycles. The lowest BCUT2D eigenvalue weighted by Gasteiger charge is -1.98. The number of nitriles is 1. The number of thioether (sulfide) groups is 1. The molecule has 0 spiro atoms. The molecule has 1 aromatic carbocycles. The predicted molar refractivity (Wildman–Crippen MR) is 77.9 cm³/mol. The zero-order chi connectivity index (χ0) is 13.8. The van der Waals surface area contributed by atoms with Crippen molar-refractivity contribution >= 4 is 39.1 Å². The van der Waals surface area contributed by atoms with Crippen LogP contribution in [0.1, 0.15) is 6.92 Å². The minimum absolute atomic E-state index is 0.0358. The second kappa shape index (κ2) is 5.87. The summed E-state index contributed by atoms with van der Waals surface area (Å²) in [5.41, 5.74) is 6.71. The van der Waals surface area contributed by atoms with E-state index in [9.17, 15) is 4.79 Å². The normalized spacial score (nSPS) is 12.0. The van der Waals surface area contributed by atoms with Gasteiger partial charge in [0.15, 0.2) is 10.1 Å². The van der Waals surface area contributed by atoms with Crippen molar-refractivity contribution in [1.82, 2.24) is 4.98 Å². The van der Waals surface area contributed by atoms with Gasteiger partial charge in [0.05, 0.1) is 16.0 Å². The zero-order valence-corrected chi connectivity index (χ0v) is 11.8. The van der Waals surface area contributed by atoms with Crippen molar-refractivity contribution in [3.05, 3.63) is 35.5 Å². The van der Waals surface area contributed by atoms with Crippen LogP contribution in [0.4, 0.5) is 0 Å². The average Bonchev–Trinajstić information content (AvgIpc) is 2.79. The number of allylic oxidation sites excluding steroid dienone is 2. The number of fused-ring (bicyclic) bond motifs is 1. The van der Waals surface area contributed by atoms with Gasteiger partial charge in [-0.1, -0.05) is 23.9 Å². The lowest BCUT2D eigenvalue weighted by atomic mass is 10.2. The maximum Gasteiger partial charge on any atom is 0.185 e. The van der Waals surface area contributed by atoms with E-state index >= 15 is 0 Å². The first kappa shape index (κ1) is 13.6. The number of rotatable bonds is 4. The first-order valence-corrected chi connectivity index (χ1v) is 7.30. The third-order valence-electron chi connectivity index (χ3n) is 2.39. The fraction of sp³-hybridized carbons (Fsp3) is 0.154. The van der Waals surface area contributed by atoms with Gasteiger partial charge in [-0.15, -0.1) is 11.3 Å². The molecule has 2 N–H and O–H groups in total. The smallest absolute Gasteiger partial charge is 0.185 e. The minimum Gasteiger partial charge on any atom is -0.401 e. The number of Topliss-reactive ketones (excluding diaryl/α,β-unsaturated/α-hetero) is 1. The van der Waals surface area contributed by atoms with Gasteiger partial charge in [0.2, 0.25) is 0 Å². The third-order valence-corrected chi connectivity index (χ3v) is 4.57. The fourth-order valence-electron chi connectivity index (χ4n) is 1.48. The summed E-state index contributed by atoms with van der Waals surface area (Å²) in [6, 6.07) is 9.64. The molecular formula is C13H11N3OS2. The van der Waals surface area contributed by atoms with Crippen LogP contribution in [0.5, 0.6) is 0 Å². The monoisotopic (exact) mass is 289 g/mol.